The van der Waals surface area contributed by atoms with E-state index in [1.807, 2.05) is 20.8 Å². The highest BCUT2D eigenvalue weighted by molar-refractivity contribution is 5.04. The summed E-state index contributed by atoms with van der Waals surface area (Å²) in [6.45, 7) is 10.3. The summed E-state index contributed by atoms with van der Waals surface area (Å²) in [6.07, 6.45) is 2.59. The van der Waals surface area contributed by atoms with Gasteiger partial charge in [-0.1, -0.05) is 47.6 Å². The molecular weight excluding hydrogens is 170 g/mol. The average Bonchev–Trinajstić information content (AvgIpc) is 1.79. The molecule has 2 heteroatoms. The van der Waals surface area contributed by atoms with E-state index in [0.717, 1.165) is 6.08 Å². The van der Waals surface area contributed by atoms with Crippen molar-refractivity contribution in [3.05, 3.63) is 12.2 Å². The van der Waals surface area contributed by atoms with Crippen molar-refractivity contribution in [3.8, 4) is 0 Å². The van der Waals surface area contributed by atoms with E-state index < -0.39 is 11.3 Å². The van der Waals surface area contributed by atoms with Gasteiger partial charge in [0, 0.05) is 5.41 Å². The molecule has 0 rings (SSSR count). The van der Waals surface area contributed by atoms with Gasteiger partial charge in [0.15, 0.2) is 0 Å². The Hall–Kier alpha value is -0.400. The van der Waals surface area contributed by atoms with E-state index in [-0.39, 0.29) is 5.41 Å². The lowest BCUT2D eigenvalue weighted by molar-refractivity contribution is -0.0506. The van der Waals surface area contributed by atoms with Gasteiger partial charge in [-0.15, -0.1) is 0 Å². The number of halogens is 2. The second-order valence-electron chi connectivity index (χ2n) is 5.57. The summed E-state index contributed by atoms with van der Waals surface area (Å²) < 4.78 is 26.7. The summed E-state index contributed by atoms with van der Waals surface area (Å²) in [5, 5.41) is 0. The quantitative estimate of drug-likeness (QED) is 0.542. The second kappa shape index (κ2) is 3.39. The minimum atomic E-state index is -2.74. The predicted octanol–water partition coefficient (Wildman–Crippen LogP) is 4.27. The van der Waals surface area contributed by atoms with Crippen molar-refractivity contribution < 1.29 is 8.78 Å². The summed E-state index contributed by atoms with van der Waals surface area (Å²) in [6, 6.07) is 0. The minimum Gasteiger partial charge on any atom is -0.201 e. The fourth-order valence-electron chi connectivity index (χ4n) is 0.605. The molecule has 0 atom stereocenters. The minimum absolute atomic E-state index is 0.186. The maximum Gasteiger partial charge on any atom is 0.271 e. The number of hydrogen-bond acceptors (Lipinski definition) is 0. The van der Waals surface area contributed by atoms with Crippen LogP contribution >= 0.6 is 0 Å². The Morgan fingerprint density at radius 1 is 0.769 bits per heavy atom. The third-order valence-electron chi connectivity index (χ3n) is 1.79. The highest BCUT2D eigenvalue weighted by Gasteiger charge is 2.40. The van der Waals surface area contributed by atoms with Crippen molar-refractivity contribution in [1.29, 1.82) is 0 Å². The van der Waals surface area contributed by atoms with Crippen LogP contribution in [0, 0.1) is 10.8 Å². The molecule has 0 aliphatic heterocycles. The topological polar surface area (TPSA) is 0 Å². The average molecular weight is 190 g/mol. The first-order chi connectivity index (χ1) is 5.46. The molecule has 0 bridgehead atoms. The Balaban J connectivity index is 4.62. The van der Waals surface area contributed by atoms with Gasteiger partial charge in [-0.25, -0.2) is 8.78 Å². The van der Waals surface area contributed by atoms with Crippen LogP contribution in [0.15, 0.2) is 12.2 Å². The molecule has 0 aromatic carbocycles. The molecule has 0 fully saturated rings. The molecule has 0 amide bonds. The first kappa shape index (κ1) is 12.6. The lowest BCUT2D eigenvalue weighted by Gasteiger charge is -2.28. The first-order valence-electron chi connectivity index (χ1n) is 4.54. The van der Waals surface area contributed by atoms with Gasteiger partial charge in [0.1, 0.15) is 0 Å². The Labute approximate surface area is 80.0 Å². The number of alkyl halides is 2. The molecule has 0 aliphatic carbocycles. The van der Waals surface area contributed by atoms with Crippen LogP contribution in [-0.4, -0.2) is 5.92 Å². The molecule has 78 valence electrons. The largest absolute Gasteiger partial charge is 0.271 e. The summed E-state index contributed by atoms with van der Waals surface area (Å²) in [7, 11) is 0. The van der Waals surface area contributed by atoms with Crippen LogP contribution < -0.4 is 0 Å². The lowest BCUT2D eigenvalue weighted by atomic mass is 9.85. The molecular formula is C11H20F2. The van der Waals surface area contributed by atoms with Crippen molar-refractivity contribution in [2.45, 2.75) is 47.5 Å². The molecule has 0 radical (unpaired) electrons. The normalized spacial score (nSPS) is 15.4. The van der Waals surface area contributed by atoms with Crippen LogP contribution in [0.1, 0.15) is 41.5 Å². The van der Waals surface area contributed by atoms with E-state index in [1.54, 1.807) is 26.8 Å². The number of rotatable bonds is 1. The van der Waals surface area contributed by atoms with Crippen LogP contribution in [0.3, 0.4) is 0 Å². The summed E-state index contributed by atoms with van der Waals surface area (Å²) in [5.74, 6) is -2.74. The highest BCUT2D eigenvalue weighted by atomic mass is 19.3. The Kier molecular flexibility index (Phi) is 3.29. The second-order valence-corrected chi connectivity index (χ2v) is 5.57. The summed E-state index contributed by atoms with van der Waals surface area (Å²) >= 11 is 0. The summed E-state index contributed by atoms with van der Waals surface area (Å²) in [5.41, 5.74) is -1.19. The van der Waals surface area contributed by atoms with Crippen LogP contribution in [-0.2, 0) is 0 Å². The Morgan fingerprint density at radius 3 is 1.38 bits per heavy atom. The Morgan fingerprint density at radius 2 is 1.15 bits per heavy atom. The third-order valence-corrected chi connectivity index (χ3v) is 1.79. The van der Waals surface area contributed by atoms with Gasteiger partial charge in [0.25, 0.3) is 5.92 Å². The zero-order valence-corrected chi connectivity index (χ0v) is 9.41. The van der Waals surface area contributed by atoms with Crippen molar-refractivity contribution >= 4 is 0 Å². The van der Waals surface area contributed by atoms with E-state index in [2.05, 4.69) is 0 Å². The van der Waals surface area contributed by atoms with Gasteiger partial charge in [0.05, 0.1) is 0 Å². The molecule has 13 heavy (non-hydrogen) atoms. The van der Waals surface area contributed by atoms with Gasteiger partial charge in [-0.2, -0.15) is 0 Å². The maximum absolute atomic E-state index is 13.4. The van der Waals surface area contributed by atoms with Gasteiger partial charge < -0.3 is 0 Å². The monoisotopic (exact) mass is 190 g/mol. The molecule has 0 unspecified atom stereocenters. The van der Waals surface area contributed by atoms with Crippen LogP contribution in [0.5, 0.6) is 0 Å². The van der Waals surface area contributed by atoms with E-state index >= 15 is 0 Å². The van der Waals surface area contributed by atoms with Crippen LogP contribution in [0.2, 0.25) is 0 Å². The van der Waals surface area contributed by atoms with E-state index in [9.17, 15) is 8.78 Å². The van der Waals surface area contributed by atoms with Crippen molar-refractivity contribution in [2.75, 3.05) is 0 Å². The lowest BCUT2D eigenvalue weighted by Crippen LogP contribution is -2.31. The third kappa shape index (κ3) is 4.39. The molecule has 0 spiro atoms. The zero-order valence-electron chi connectivity index (χ0n) is 9.41. The standard InChI is InChI=1S/C11H20F2/c1-9(2,3)7-8-11(12,13)10(4,5)6/h7-8H,1-6H3/b8-7+. The smallest absolute Gasteiger partial charge is 0.201 e. The van der Waals surface area contributed by atoms with Gasteiger partial charge in [-0.3, -0.25) is 0 Å². The SMILES string of the molecule is CC(C)(C)/C=C/C(F)(F)C(C)(C)C. The molecule has 0 aromatic heterocycles. The van der Waals surface area contributed by atoms with Crippen molar-refractivity contribution in [1.82, 2.24) is 0 Å². The number of hydrogen-bond donors (Lipinski definition) is 0. The van der Waals surface area contributed by atoms with Gasteiger partial charge in [0.2, 0.25) is 0 Å². The predicted molar refractivity (Wildman–Crippen MR) is 53.0 cm³/mol. The fourth-order valence-corrected chi connectivity index (χ4v) is 0.605. The highest BCUT2D eigenvalue weighted by Crippen LogP contribution is 2.37. The van der Waals surface area contributed by atoms with E-state index in [4.69, 9.17) is 0 Å². The molecule has 0 nitrogen and oxygen atoms in total. The van der Waals surface area contributed by atoms with E-state index in [1.165, 1.54) is 0 Å². The maximum atomic E-state index is 13.4. The Bertz CT molecular complexity index is 189. The first-order valence-corrected chi connectivity index (χ1v) is 4.54. The zero-order chi connectivity index (χ0) is 10.9. The molecule has 0 aliphatic rings. The fraction of sp³-hybridized carbons (Fsp3) is 0.818. The van der Waals surface area contributed by atoms with Crippen molar-refractivity contribution in [3.63, 3.8) is 0 Å². The molecule has 0 N–H and O–H groups in total. The van der Waals surface area contributed by atoms with E-state index in [0.29, 0.717) is 0 Å². The summed E-state index contributed by atoms with van der Waals surface area (Å²) in [4.78, 5) is 0. The molecule has 0 saturated carbocycles. The van der Waals surface area contributed by atoms with Crippen LogP contribution in [0.25, 0.3) is 0 Å². The van der Waals surface area contributed by atoms with Gasteiger partial charge >= 0.3 is 0 Å². The molecule has 0 saturated heterocycles. The molecule has 0 heterocycles. The number of allylic oxidation sites excluding steroid dienone is 2. The van der Waals surface area contributed by atoms with Gasteiger partial charge in [-0.05, 0) is 11.5 Å². The van der Waals surface area contributed by atoms with Crippen LogP contribution in [0.4, 0.5) is 8.78 Å². The van der Waals surface area contributed by atoms with Crippen molar-refractivity contribution in [2.24, 2.45) is 10.8 Å². The molecule has 0 aromatic rings.